The molecule has 4 aromatic rings. The van der Waals surface area contributed by atoms with Gasteiger partial charge >= 0.3 is 0 Å². The fourth-order valence-electron chi connectivity index (χ4n) is 2.60. The Morgan fingerprint density at radius 1 is 0.759 bits per heavy atom. The first kappa shape index (κ1) is 18.6. The molecule has 29 heavy (non-hydrogen) atoms. The van der Waals surface area contributed by atoms with Gasteiger partial charge in [0.05, 0.1) is 12.4 Å². The second kappa shape index (κ2) is 8.95. The van der Waals surface area contributed by atoms with Gasteiger partial charge in [0.1, 0.15) is 0 Å². The van der Waals surface area contributed by atoms with Gasteiger partial charge in [0, 0.05) is 10.6 Å². The number of nitrogens with zero attached hydrogens (tertiary/aromatic N) is 5. The smallest absolute Gasteiger partial charge is 0.244 e. The average Bonchev–Trinajstić information content (AvgIpc) is 3.17. The highest BCUT2D eigenvalue weighted by Gasteiger charge is 2.13. The molecule has 6 nitrogen and oxygen atoms in total. The maximum absolute atomic E-state index is 6.01. The van der Waals surface area contributed by atoms with Gasteiger partial charge in [-0.1, -0.05) is 72.3 Å². The number of hydrazone groups is 1. The summed E-state index contributed by atoms with van der Waals surface area (Å²) in [4.78, 5) is 0. The van der Waals surface area contributed by atoms with Gasteiger partial charge in [-0.3, -0.25) is 0 Å². The molecule has 7 heteroatoms. The molecule has 0 bridgehead atoms. The molecule has 0 aliphatic rings. The average molecular weight is 401 g/mol. The van der Waals surface area contributed by atoms with Crippen LogP contribution in [0.4, 0.5) is 5.95 Å². The van der Waals surface area contributed by atoms with E-state index in [4.69, 9.17) is 11.6 Å². The number of nitrogens with one attached hydrogen (secondary N) is 1. The molecule has 0 aliphatic heterocycles. The van der Waals surface area contributed by atoms with E-state index in [0.717, 1.165) is 16.7 Å². The van der Waals surface area contributed by atoms with Crippen molar-refractivity contribution in [1.29, 1.82) is 0 Å². The number of hydrogen-bond acceptors (Lipinski definition) is 5. The summed E-state index contributed by atoms with van der Waals surface area (Å²) >= 11 is 6.01. The van der Waals surface area contributed by atoms with Crippen molar-refractivity contribution in [1.82, 2.24) is 14.9 Å². The summed E-state index contributed by atoms with van der Waals surface area (Å²) in [5.74, 6) is 0.973. The third-order valence-corrected chi connectivity index (χ3v) is 4.29. The minimum absolute atomic E-state index is 0.398. The molecule has 4 rings (SSSR count). The molecule has 0 saturated heterocycles. The van der Waals surface area contributed by atoms with Crippen molar-refractivity contribution < 1.29 is 0 Å². The van der Waals surface area contributed by atoms with Crippen LogP contribution in [0.25, 0.3) is 11.4 Å². The van der Waals surface area contributed by atoms with Crippen LogP contribution in [-0.2, 0) is 0 Å². The van der Waals surface area contributed by atoms with Crippen molar-refractivity contribution in [2.75, 3.05) is 5.43 Å². The number of anilines is 1. The lowest BCUT2D eigenvalue weighted by molar-refractivity contribution is 0.888. The lowest BCUT2D eigenvalue weighted by Gasteiger charge is -2.04. The molecule has 0 aliphatic carbocycles. The van der Waals surface area contributed by atoms with Crippen LogP contribution in [0.2, 0.25) is 5.02 Å². The van der Waals surface area contributed by atoms with Gasteiger partial charge in [-0.2, -0.15) is 14.9 Å². The van der Waals surface area contributed by atoms with Crippen LogP contribution < -0.4 is 5.43 Å². The molecule has 0 unspecified atom stereocenters. The summed E-state index contributed by atoms with van der Waals surface area (Å²) in [5, 5.41) is 17.9. The van der Waals surface area contributed by atoms with E-state index >= 15 is 0 Å². The highest BCUT2D eigenvalue weighted by atomic mass is 35.5. The van der Waals surface area contributed by atoms with E-state index < -0.39 is 0 Å². The second-order valence-corrected chi connectivity index (χ2v) is 6.54. The normalized spacial score (nSPS) is 11.3. The number of halogens is 1. The first-order valence-electron chi connectivity index (χ1n) is 8.94. The highest BCUT2D eigenvalue weighted by Crippen LogP contribution is 2.22. The molecule has 1 aromatic heterocycles. The topological polar surface area (TPSA) is 67.5 Å². The van der Waals surface area contributed by atoms with Crippen LogP contribution >= 0.6 is 11.6 Å². The zero-order valence-corrected chi connectivity index (χ0v) is 16.1. The third-order valence-electron chi connectivity index (χ3n) is 4.04. The summed E-state index contributed by atoms with van der Waals surface area (Å²) in [5.41, 5.74) is 5.69. The fourth-order valence-corrected chi connectivity index (χ4v) is 2.73. The first-order chi connectivity index (χ1) is 14.3. The van der Waals surface area contributed by atoms with E-state index in [9.17, 15) is 0 Å². The minimum Gasteiger partial charge on any atom is -0.244 e. The number of aromatic nitrogens is 3. The molecular formula is C22H17ClN6. The van der Waals surface area contributed by atoms with Crippen LogP contribution in [0, 0.1) is 0 Å². The van der Waals surface area contributed by atoms with Crippen LogP contribution in [0.1, 0.15) is 11.1 Å². The Bertz CT molecular complexity index is 1120. The molecular weight excluding hydrogens is 384 g/mol. The van der Waals surface area contributed by atoms with Crippen molar-refractivity contribution in [3.05, 3.63) is 101 Å². The summed E-state index contributed by atoms with van der Waals surface area (Å²) in [6.45, 7) is 0. The molecule has 0 atom stereocenters. The molecule has 1 heterocycles. The zero-order valence-electron chi connectivity index (χ0n) is 15.4. The Morgan fingerprint density at radius 3 is 2.03 bits per heavy atom. The van der Waals surface area contributed by atoms with E-state index in [1.807, 2.05) is 72.8 Å². The van der Waals surface area contributed by atoms with Crippen LogP contribution in [0.5, 0.6) is 0 Å². The predicted molar refractivity (Wildman–Crippen MR) is 118 cm³/mol. The quantitative estimate of drug-likeness (QED) is 0.368. The molecule has 3 aromatic carbocycles. The Hall–Kier alpha value is -3.77. The highest BCUT2D eigenvalue weighted by molar-refractivity contribution is 6.30. The van der Waals surface area contributed by atoms with Gasteiger partial charge in [-0.25, -0.2) is 5.43 Å². The minimum atomic E-state index is 0.398. The first-order valence-corrected chi connectivity index (χ1v) is 9.32. The molecule has 0 fully saturated rings. The van der Waals surface area contributed by atoms with Crippen molar-refractivity contribution >= 4 is 30.0 Å². The van der Waals surface area contributed by atoms with E-state index in [-0.39, 0.29) is 0 Å². The summed E-state index contributed by atoms with van der Waals surface area (Å²) in [6, 6.07) is 26.9. The second-order valence-electron chi connectivity index (χ2n) is 6.10. The third kappa shape index (κ3) is 4.75. The summed E-state index contributed by atoms with van der Waals surface area (Å²) in [7, 11) is 0. The number of rotatable bonds is 6. The van der Waals surface area contributed by atoms with Crippen LogP contribution in [0.15, 0.2) is 95.1 Å². The van der Waals surface area contributed by atoms with Crippen molar-refractivity contribution in [3.8, 4) is 11.4 Å². The van der Waals surface area contributed by atoms with Crippen molar-refractivity contribution in [2.24, 2.45) is 10.2 Å². The molecule has 1 N–H and O–H groups in total. The molecule has 0 spiro atoms. The summed E-state index contributed by atoms with van der Waals surface area (Å²) < 4.78 is 1.61. The Morgan fingerprint density at radius 2 is 1.38 bits per heavy atom. The van der Waals surface area contributed by atoms with Crippen molar-refractivity contribution in [2.45, 2.75) is 0 Å². The molecule has 0 saturated carbocycles. The monoisotopic (exact) mass is 400 g/mol. The predicted octanol–water partition coefficient (Wildman–Crippen LogP) is 4.93. The van der Waals surface area contributed by atoms with Gasteiger partial charge in [-0.05, 0) is 35.4 Å². The maximum Gasteiger partial charge on any atom is 0.266 e. The van der Waals surface area contributed by atoms with E-state index in [1.54, 1.807) is 29.2 Å². The van der Waals surface area contributed by atoms with E-state index in [2.05, 4.69) is 25.8 Å². The Labute approximate surface area is 173 Å². The standard InChI is InChI=1S/C22H17ClN6/c23-20-13-11-19(12-14-20)21-26-28-22(27-24-15-17-7-3-1-4-8-17)29(21)25-16-18-9-5-2-6-10-18/h1-16H,(H,27,28)/b24-15-,25-16-. The fraction of sp³-hybridized carbons (Fsp3) is 0. The molecule has 0 radical (unpaired) electrons. The van der Waals surface area contributed by atoms with Crippen LogP contribution in [0.3, 0.4) is 0 Å². The van der Waals surface area contributed by atoms with Gasteiger partial charge in [0.25, 0.3) is 5.95 Å². The van der Waals surface area contributed by atoms with Gasteiger partial charge in [0.2, 0.25) is 0 Å². The Balaban J connectivity index is 1.66. The molecule has 142 valence electrons. The lowest BCUT2D eigenvalue weighted by Crippen LogP contribution is -2.01. The summed E-state index contributed by atoms with van der Waals surface area (Å²) in [6.07, 6.45) is 3.46. The lowest BCUT2D eigenvalue weighted by atomic mass is 10.2. The van der Waals surface area contributed by atoms with Crippen molar-refractivity contribution in [3.63, 3.8) is 0 Å². The maximum atomic E-state index is 6.01. The SMILES string of the molecule is Clc1ccc(-c2nnc(N/N=C\c3ccccc3)n2/N=C\c2ccccc2)cc1. The van der Waals surface area contributed by atoms with E-state index in [0.29, 0.717) is 16.8 Å². The van der Waals surface area contributed by atoms with Gasteiger partial charge in [0.15, 0.2) is 5.82 Å². The largest absolute Gasteiger partial charge is 0.266 e. The van der Waals surface area contributed by atoms with E-state index in [1.165, 1.54) is 0 Å². The van der Waals surface area contributed by atoms with Gasteiger partial charge < -0.3 is 0 Å². The Kier molecular flexibility index (Phi) is 5.73. The zero-order chi connectivity index (χ0) is 19.9. The number of benzene rings is 3. The van der Waals surface area contributed by atoms with Gasteiger partial charge in [-0.15, -0.1) is 10.2 Å². The molecule has 0 amide bonds. The van der Waals surface area contributed by atoms with Crippen LogP contribution in [-0.4, -0.2) is 27.3 Å². The number of hydrogen-bond donors (Lipinski definition) is 1.